The number of ether oxygens (including phenoxy) is 3. The Bertz CT molecular complexity index is 497. The molecule has 0 radical (unpaired) electrons. The molecule has 6 nitrogen and oxygen atoms in total. The van der Waals surface area contributed by atoms with Crippen LogP contribution in [0.25, 0.3) is 0 Å². The van der Waals surface area contributed by atoms with Crippen molar-refractivity contribution in [2.45, 2.75) is 33.1 Å². The molecule has 2 fully saturated rings. The van der Waals surface area contributed by atoms with Gasteiger partial charge in [-0.1, -0.05) is 6.58 Å². The van der Waals surface area contributed by atoms with Crippen LogP contribution in [0.3, 0.4) is 0 Å². The van der Waals surface area contributed by atoms with Gasteiger partial charge in [0.15, 0.2) is 0 Å². The van der Waals surface area contributed by atoms with Crippen LogP contribution in [0.5, 0.6) is 0 Å². The summed E-state index contributed by atoms with van der Waals surface area (Å²) < 4.78 is 14.8. The van der Waals surface area contributed by atoms with E-state index in [9.17, 15) is 14.4 Å². The maximum absolute atomic E-state index is 12.0. The van der Waals surface area contributed by atoms with E-state index in [1.54, 1.807) is 6.92 Å². The maximum atomic E-state index is 12.0. The molecule has 3 atom stereocenters. The lowest BCUT2D eigenvalue weighted by molar-refractivity contribution is -0.149. The number of carbonyl (C=O) groups excluding carboxylic acids is 3. The van der Waals surface area contributed by atoms with Crippen LogP contribution in [0.2, 0.25) is 0 Å². The Morgan fingerprint density at radius 1 is 1.14 bits per heavy atom. The van der Waals surface area contributed by atoms with E-state index in [0.29, 0.717) is 24.5 Å². The van der Waals surface area contributed by atoms with Gasteiger partial charge < -0.3 is 14.2 Å². The molecule has 0 spiro atoms. The Kier molecular flexibility index (Phi) is 4.88. The minimum absolute atomic E-state index is 0.0134. The summed E-state index contributed by atoms with van der Waals surface area (Å²) in [5, 5.41) is 0. The van der Waals surface area contributed by atoms with Gasteiger partial charge in [-0.15, -0.1) is 0 Å². The Balaban J connectivity index is 1.82. The molecule has 122 valence electrons. The third-order valence-corrected chi connectivity index (χ3v) is 4.50. The largest absolute Gasteiger partial charge is 0.466 e. The number of fused-ring (bicyclic) bond motifs is 1. The molecule has 0 aromatic heterocycles. The summed E-state index contributed by atoms with van der Waals surface area (Å²) in [5.74, 6) is -0.909. The molecule has 2 rings (SSSR count). The monoisotopic (exact) mass is 310 g/mol. The van der Waals surface area contributed by atoms with Crippen molar-refractivity contribution in [3.63, 3.8) is 0 Å². The first-order valence-corrected chi connectivity index (χ1v) is 7.57. The molecule has 3 unspecified atom stereocenters. The normalized spacial score (nSPS) is 28.5. The van der Waals surface area contributed by atoms with Gasteiger partial charge >= 0.3 is 17.9 Å². The molecule has 0 aromatic rings. The summed E-state index contributed by atoms with van der Waals surface area (Å²) >= 11 is 0. The maximum Gasteiger partial charge on any atom is 0.334 e. The molecule has 2 aliphatic rings. The van der Waals surface area contributed by atoms with Gasteiger partial charge in [0, 0.05) is 17.9 Å². The standard InChI is InChI=1S/C16H22O6/c1-4-20-15(19)12-7-13-9-16(13,8-12)10(2)14(18)22-6-5-21-11(3)17/h12-13H,2,4-9H2,1,3H3. The zero-order valence-electron chi connectivity index (χ0n) is 13.1. The van der Waals surface area contributed by atoms with Crippen LogP contribution >= 0.6 is 0 Å². The lowest BCUT2D eigenvalue weighted by atomic mass is 9.91. The molecule has 0 heterocycles. The fourth-order valence-electron chi connectivity index (χ4n) is 3.35. The first-order valence-electron chi connectivity index (χ1n) is 7.57. The number of hydrogen-bond acceptors (Lipinski definition) is 6. The van der Waals surface area contributed by atoms with Crippen LogP contribution in [0.4, 0.5) is 0 Å². The third-order valence-electron chi connectivity index (χ3n) is 4.50. The van der Waals surface area contributed by atoms with E-state index in [0.717, 1.165) is 12.8 Å². The first kappa shape index (κ1) is 16.5. The van der Waals surface area contributed by atoms with E-state index in [4.69, 9.17) is 14.2 Å². The van der Waals surface area contributed by atoms with Crippen molar-refractivity contribution in [2.75, 3.05) is 19.8 Å². The highest BCUT2D eigenvalue weighted by Gasteiger charge is 2.64. The Morgan fingerprint density at radius 2 is 1.82 bits per heavy atom. The van der Waals surface area contributed by atoms with Crippen LogP contribution in [0, 0.1) is 17.3 Å². The van der Waals surface area contributed by atoms with Crippen LogP contribution in [-0.4, -0.2) is 37.7 Å². The van der Waals surface area contributed by atoms with Crippen LogP contribution in [-0.2, 0) is 28.6 Å². The molecule has 0 bridgehead atoms. The third kappa shape index (κ3) is 3.31. The quantitative estimate of drug-likeness (QED) is 0.308. The summed E-state index contributed by atoms with van der Waals surface area (Å²) in [4.78, 5) is 34.5. The van der Waals surface area contributed by atoms with Gasteiger partial charge in [-0.05, 0) is 32.1 Å². The zero-order chi connectivity index (χ0) is 16.3. The Labute approximate surface area is 129 Å². The van der Waals surface area contributed by atoms with E-state index < -0.39 is 11.9 Å². The molecular weight excluding hydrogens is 288 g/mol. The number of rotatable bonds is 7. The SMILES string of the molecule is C=C(C(=O)OCCOC(C)=O)C12CC(C(=O)OCC)CC1C2. The molecule has 0 aromatic carbocycles. The van der Waals surface area contributed by atoms with Crippen LogP contribution in [0.1, 0.15) is 33.1 Å². The first-order chi connectivity index (χ1) is 10.4. The minimum Gasteiger partial charge on any atom is -0.466 e. The molecule has 0 aliphatic heterocycles. The van der Waals surface area contributed by atoms with Crippen molar-refractivity contribution >= 4 is 17.9 Å². The summed E-state index contributed by atoms with van der Waals surface area (Å²) in [6.45, 7) is 7.36. The van der Waals surface area contributed by atoms with Crippen molar-refractivity contribution in [3.8, 4) is 0 Å². The van der Waals surface area contributed by atoms with Gasteiger partial charge in [-0.25, -0.2) is 4.79 Å². The fourth-order valence-corrected chi connectivity index (χ4v) is 3.35. The second kappa shape index (κ2) is 6.50. The van der Waals surface area contributed by atoms with Gasteiger partial charge in [0.2, 0.25) is 0 Å². The molecule has 6 heteroatoms. The van der Waals surface area contributed by atoms with Crippen molar-refractivity contribution in [1.82, 2.24) is 0 Å². The zero-order valence-corrected chi connectivity index (χ0v) is 13.1. The molecule has 0 amide bonds. The summed E-state index contributed by atoms with van der Waals surface area (Å²) in [7, 11) is 0. The van der Waals surface area contributed by atoms with Crippen molar-refractivity contribution in [3.05, 3.63) is 12.2 Å². The highest BCUT2D eigenvalue weighted by atomic mass is 16.6. The van der Waals surface area contributed by atoms with Gasteiger partial charge in [-0.2, -0.15) is 0 Å². The second-order valence-electron chi connectivity index (χ2n) is 5.90. The lowest BCUT2D eigenvalue weighted by Gasteiger charge is -2.17. The van der Waals surface area contributed by atoms with Crippen molar-refractivity contribution in [1.29, 1.82) is 0 Å². The van der Waals surface area contributed by atoms with E-state index in [1.165, 1.54) is 6.92 Å². The van der Waals surface area contributed by atoms with Gasteiger partial charge in [-0.3, -0.25) is 9.59 Å². The number of hydrogen-bond donors (Lipinski definition) is 0. The minimum atomic E-state index is -0.473. The number of carbonyl (C=O) groups is 3. The molecule has 0 N–H and O–H groups in total. The summed E-state index contributed by atoms with van der Waals surface area (Å²) in [5.41, 5.74) is 0.128. The Hall–Kier alpha value is -1.85. The topological polar surface area (TPSA) is 78.9 Å². The molecular formula is C16H22O6. The predicted octanol–water partition coefficient (Wildman–Crippen LogP) is 1.63. The summed E-state index contributed by atoms with van der Waals surface area (Å²) in [6.07, 6.45) is 2.23. The highest BCUT2D eigenvalue weighted by molar-refractivity contribution is 5.90. The van der Waals surface area contributed by atoms with Gasteiger partial charge in [0.25, 0.3) is 0 Å². The van der Waals surface area contributed by atoms with Crippen LogP contribution in [0.15, 0.2) is 12.2 Å². The average Bonchev–Trinajstić information content (AvgIpc) is 3.04. The predicted molar refractivity (Wildman–Crippen MR) is 76.6 cm³/mol. The molecule has 0 saturated heterocycles. The van der Waals surface area contributed by atoms with Crippen molar-refractivity contribution < 1.29 is 28.6 Å². The van der Waals surface area contributed by atoms with E-state index in [1.807, 2.05) is 0 Å². The summed E-state index contributed by atoms with van der Waals surface area (Å²) in [6, 6.07) is 0. The second-order valence-corrected chi connectivity index (χ2v) is 5.90. The smallest absolute Gasteiger partial charge is 0.334 e. The van der Waals surface area contributed by atoms with E-state index >= 15 is 0 Å². The lowest BCUT2D eigenvalue weighted by Crippen LogP contribution is -2.21. The highest BCUT2D eigenvalue weighted by Crippen LogP contribution is 2.69. The molecule has 2 saturated carbocycles. The molecule has 2 aliphatic carbocycles. The molecule has 22 heavy (non-hydrogen) atoms. The van der Waals surface area contributed by atoms with E-state index in [-0.39, 0.29) is 30.5 Å². The van der Waals surface area contributed by atoms with E-state index in [2.05, 4.69) is 6.58 Å². The van der Waals surface area contributed by atoms with Gasteiger partial charge in [0.1, 0.15) is 13.2 Å². The fraction of sp³-hybridized carbons (Fsp3) is 0.688. The van der Waals surface area contributed by atoms with Gasteiger partial charge in [0.05, 0.1) is 12.5 Å². The van der Waals surface area contributed by atoms with Crippen molar-refractivity contribution in [2.24, 2.45) is 17.3 Å². The average molecular weight is 310 g/mol. The Morgan fingerprint density at radius 3 is 2.45 bits per heavy atom. The number of esters is 3. The van der Waals surface area contributed by atoms with Crippen LogP contribution < -0.4 is 0 Å².